The van der Waals surface area contributed by atoms with Gasteiger partial charge in [0.15, 0.2) is 0 Å². The molecule has 0 saturated carbocycles. The zero-order chi connectivity index (χ0) is 15.9. The molecule has 0 aromatic carbocycles. The molecule has 0 unspecified atom stereocenters. The van der Waals surface area contributed by atoms with Gasteiger partial charge in [-0.2, -0.15) is 18.3 Å². The predicted molar refractivity (Wildman–Crippen MR) is 74.4 cm³/mol. The summed E-state index contributed by atoms with van der Waals surface area (Å²) in [5.74, 6) is 0.312. The fourth-order valence-corrected chi connectivity index (χ4v) is 2.22. The van der Waals surface area contributed by atoms with Crippen molar-refractivity contribution in [2.24, 2.45) is 7.05 Å². The average Bonchev–Trinajstić information content (AvgIpc) is 2.66. The molecule has 5 nitrogen and oxygen atoms in total. The molecule has 0 saturated heterocycles. The number of alkyl halides is 3. The number of hydrogen-bond donors (Lipinski definition) is 1. The Balaban J connectivity index is 2.58. The van der Waals surface area contributed by atoms with E-state index < -0.39 is 11.7 Å². The van der Waals surface area contributed by atoms with E-state index in [1.807, 2.05) is 0 Å². The molecule has 0 atom stereocenters. The van der Waals surface area contributed by atoms with Crippen LogP contribution in [0.1, 0.15) is 17.0 Å². The molecular formula is C13H16F3N5. The molecule has 0 aliphatic carbocycles. The van der Waals surface area contributed by atoms with Gasteiger partial charge in [-0.05, 0) is 26.0 Å². The lowest BCUT2D eigenvalue weighted by atomic mass is 10.2. The van der Waals surface area contributed by atoms with Crippen molar-refractivity contribution in [1.29, 1.82) is 0 Å². The highest BCUT2D eigenvalue weighted by Gasteiger charge is 2.40. The predicted octanol–water partition coefficient (Wildman–Crippen LogP) is 2.80. The molecule has 0 spiro atoms. The molecule has 2 aromatic heterocycles. The first-order chi connectivity index (χ1) is 9.62. The average molecular weight is 299 g/mol. The Hall–Kier alpha value is -2.25. The molecule has 0 aliphatic rings. The quantitative estimate of drug-likeness (QED) is 0.926. The first kappa shape index (κ1) is 15.1. The first-order valence-corrected chi connectivity index (χ1v) is 6.20. The monoisotopic (exact) mass is 299 g/mol. The number of nitrogen functional groups attached to an aromatic ring is 1. The standard InChI is InChI=1S/C13H16F3N5/c1-7-9(17)5-6-10(18-7)20(3)12-11(13(14,15)16)8(2)19-21(12)4/h5-6H,17H2,1-4H3. The van der Waals surface area contributed by atoms with Crippen LogP contribution in [-0.2, 0) is 13.2 Å². The summed E-state index contributed by atoms with van der Waals surface area (Å²) < 4.78 is 40.9. The lowest BCUT2D eigenvalue weighted by molar-refractivity contribution is -0.137. The molecule has 2 aromatic rings. The summed E-state index contributed by atoms with van der Waals surface area (Å²) in [7, 11) is 2.99. The maximum absolute atomic E-state index is 13.2. The molecule has 0 fully saturated rings. The molecule has 21 heavy (non-hydrogen) atoms. The zero-order valence-corrected chi connectivity index (χ0v) is 12.2. The molecular weight excluding hydrogens is 283 g/mol. The van der Waals surface area contributed by atoms with Crippen molar-refractivity contribution < 1.29 is 13.2 Å². The molecule has 8 heteroatoms. The van der Waals surface area contributed by atoms with Crippen molar-refractivity contribution in [1.82, 2.24) is 14.8 Å². The van der Waals surface area contributed by atoms with Gasteiger partial charge in [-0.1, -0.05) is 0 Å². The maximum Gasteiger partial charge on any atom is 0.421 e. The summed E-state index contributed by atoms with van der Waals surface area (Å²) in [6.07, 6.45) is -4.48. The van der Waals surface area contributed by atoms with Crippen LogP contribution in [0.5, 0.6) is 0 Å². The zero-order valence-electron chi connectivity index (χ0n) is 12.2. The van der Waals surface area contributed by atoms with Crippen LogP contribution in [0.2, 0.25) is 0 Å². The number of halogens is 3. The van der Waals surface area contributed by atoms with E-state index >= 15 is 0 Å². The van der Waals surface area contributed by atoms with E-state index in [4.69, 9.17) is 5.73 Å². The highest BCUT2D eigenvalue weighted by molar-refractivity contribution is 5.63. The molecule has 0 bridgehead atoms. The molecule has 0 aliphatic heterocycles. The van der Waals surface area contributed by atoms with Crippen LogP contribution in [0.15, 0.2) is 12.1 Å². The third-order valence-electron chi connectivity index (χ3n) is 3.25. The van der Waals surface area contributed by atoms with Gasteiger partial charge in [0.05, 0.1) is 17.1 Å². The number of rotatable bonds is 2. The van der Waals surface area contributed by atoms with Gasteiger partial charge in [0.2, 0.25) is 0 Å². The minimum Gasteiger partial charge on any atom is -0.397 e. The Labute approximate surface area is 120 Å². The van der Waals surface area contributed by atoms with Crippen molar-refractivity contribution in [2.45, 2.75) is 20.0 Å². The van der Waals surface area contributed by atoms with Crippen molar-refractivity contribution in [3.05, 3.63) is 29.1 Å². The summed E-state index contributed by atoms with van der Waals surface area (Å²) in [6.45, 7) is 3.04. The van der Waals surface area contributed by atoms with Crippen molar-refractivity contribution >= 4 is 17.3 Å². The molecule has 2 N–H and O–H groups in total. The van der Waals surface area contributed by atoms with Crippen LogP contribution in [-0.4, -0.2) is 21.8 Å². The number of aryl methyl sites for hydroxylation is 3. The van der Waals surface area contributed by atoms with E-state index in [-0.39, 0.29) is 11.5 Å². The lowest BCUT2D eigenvalue weighted by Gasteiger charge is -2.21. The number of pyridine rings is 1. The maximum atomic E-state index is 13.2. The first-order valence-electron chi connectivity index (χ1n) is 6.20. The fraction of sp³-hybridized carbons (Fsp3) is 0.385. The van der Waals surface area contributed by atoms with E-state index in [2.05, 4.69) is 10.1 Å². The van der Waals surface area contributed by atoms with E-state index in [0.29, 0.717) is 17.2 Å². The van der Waals surface area contributed by atoms with Crippen LogP contribution in [0.4, 0.5) is 30.5 Å². The van der Waals surface area contributed by atoms with Crippen LogP contribution >= 0.6 is 0 Å². The van der Waals surface area contributed by atoms with E-state index in [9.17, 15) is 13.2 Å². The number of nitrogens with zero attached hydrogens (tertiary/aromatic N) is 4. The summed E-state index contributed by atoms with van der Waals surface area (Å²) >= 11 is 0. The Morgan fingerprint density at radius 2 is 1.81 bits per heavy atom. The molecule has 2 rings (SSSR count). The Morgan fingerprint density at radius 3 is 2.33 bits per heavy atom. The van der Waals surface area contributed by atoms with Crippen molar-refractivity contribution in [2.75, 3.05) is 17.7 Å². The second-order valence-corrected chi connectivity index (χ2v) is 4.81. The SMILES string of the molecule is Cc1nc(N(C)c2c(C(F)(F)F)c(C)nn2C)ccc1N. The Bertz CT molecular complexity index is 675. The number of aromatic nitrogens is 3. The molecule has 114 valence electrons. The number of nitrogens with two attached hydrogens (primary N) is 1. The van der Waals surface area contributed by atoms with Gasteiger partial charge in [-0.15, -0.1) is 0 Å². The lowest BCUT2D eigenvalue weighted by Crippen LogP contribution is -2.20. The van der Waals surface area contributed by atoms with Gasteiger partial charge in [0.25, 0.3) is 0 Å². The summed E-state index contributed by atoms with van der Waals surface area (Å²) in [6, 6.07) is 3.19. The molecule has 2 heterocycles. The van der Waals surface area contributed by atoms with E-state index in [0.717, 1.165) is 0 Å². The van der Waals surface area contributed by atoms with E-state index in [1.165, 1.54) is 30.6 Å². The minimum atomic E-state index is -4.48. The fourth-order valence-electron chi connectivity index (χ4n) is 2.22. The summed E-state index contributed by atoms with van der Waals surface area (Å²) in [5.41, 5.74) is 5.90. The smallest absolute Gasteiger partial charge is 0.397 e. The van der Waals surface area contributed by atoms with Crippen LogP contribution in [0.25, 0.3) is 0 Å². The Kier molecular flexibility index (Phi) is 3.56. The topological polar surface area (TPSA) is 60.0 Å². The summed E-state index contributed by atoms with van der Waals surface area (Å²) in [5, 5.41) is 3.87. The Morgan fingerprint density at radius 1 is 1.19 bits per heavy atom. The van der Waals surface area contributed by atoms with Crippen LogP contribution in [0, 0.1) is 13.8 Å². The normalized spacial score (nSPS) is 11.8. The van der Waals surface area contributed by atoms with Crippen LogP contribution in [0.3, 0.4) is 0 Å². The third kappa shape index (κ3) is 2.65. The van der Waals surface area contributed by atoms with Gasteiger partial charge < -0.3 is 10.6 Å². The van der Waals surface area contributed by atoms with Crippen molar-refractivity contribution in [3.63, 3.8) is 0 Å². The van der Waals surface area contributed by atoms with Gasteiger partial charge in [0, 0.05) is 14.1 Å². The largest absolute Gasteiger partial charge is 0.421 e. The second-order valence-electron chi connectivity index (χ2n) is 4.81. The van der Waals surface area contributed by atoms with Gasteiger partial charge in [0.1, 0.15) is 17.2 Å². The second kappa shape index (κ2) is 4.94. The third-order valence-corrected chi connectivity index (χ3v) is 3.25. The highest BCUT2D eigenvalue weighted by atomic mass is 19.4. The van der Waals surface area contributed by atoms with Gasteiger partial charge in [-0.3, -0.25) is 4.68 Å². The molecule has 0 radical (unpaired) electrons. The summed E-state index contributed by atoms with van der Waals surface area (Å²) in [4.78, 5) is 5.57. The van der Waals surface area contributed by atoms with Gasteiger partial charge >= 0.3 is 6.18 Å². The number of hydrogen-bond acceptors (Lipinski definition) is 4. The molecule has 0 amide bonds. The van der Waals surface area contributed by atoms with Crippen molar-refractivity contribution in [3.8, 4) is 0 Å². The van der Waals surface area contributed by atoms with Gasteiger partial charge in [-0.25, -0.2) is 4.98 Å². The number of anilines is 3. The van der Waals surface area contributed by atoms with E-state index in [1.54, 1.807) is 19.1 Å². The highest BCUT2D eigenvalue weighted by Crippen LogP contribution is 2.40. The van der Waals surface area contributed by atoms with Crippen LogP contribution < -0.4 is 10.6 Å². The minimum absolute atomic E-state index is 0.0586.